The van der Waals surface area contributed by atoms with Crippen LogP contribution >= 0.6 is 11.6 Å². The van der Waals surface area contributed by atoms with Gasteiger partial charge in [-0.15, -0.1) is 0 Å². The van der Waals surface area contributed by atoms with Gasteiger partial charge in [-0.25, -0.2) is 9.82 Å². The molecule has 0 aliphatic carbocycles. The molecule has 1 amide bonds. The zero-order valence-electron chi connectivity index (χ0n) is 17.2. The monoisotopic (exact) mass is 440 g/mol. The molecule has 0 saturated heterocycles. The van der Waals surface area contributed by atoms with Gasteiger partial charge in [0.25, 0.3) is 5.91 Å². The number of aryl methyl sites for hydroxylation is 1. The fourth-order valence-corrected chi connectivity index (χ4v) is 3.13. The fraction of sp³-hybridized carbons (Fsp3) is 0.167. The minimum absolute atomic E-state index is 0.207. The summed E-state index contributed by atoms with van der Waals surface area (Å²) in [6.45, 7) is 4.41. The number of amides is 1. The van der Waals surface area contributed by atoms with E-state index >= 15 is 0 Å². The molecular weight excluding hydrogens is 419 g/mol. The predicted octanol–water partition coefficient (Wildman–Crippen LogP) is 5.53. The summed E-state index contributed by atoms with van der Waals surface area (Å²) in [6, 6.07) is 16.7. The Bertz CT molecular complexity index is 1100. The number of ether oxygens (including phenoxy) is 2. The lowest BCUT2D eigenvalue weighted by Gasteiger charge is -2.12. The molecule has 0 atom stereocenters. The molecule has 0 saturated carbocycles. The van der Waals surface area contributed by atoms with E-state index in [-0.39, 0.29) is 12.4 Å². The standard InChI is InChI=1S/C24H22ClFN2O3/c1-3-30-23-13-17(8-10-22(23)31-15-18-5-4-6-19(26)12-18)14-27-28-24(29)20-9-7-16(2)11-21(20)25/h4-14H,3,15H2,1-2H3,(H,28,29)/b27-14-. The average molecular weight is 441 g/mol. The average Bonchev–Trinajstić information content (AvgIpc) is 2.73. The summed E-state index contributed by atoms with van der Waals surface area (Å²) >= 11 is 6.11. The third-order valence-electron chi connectivity index (χ3n) is 4.30. The first-order valence-electron chi connectivity index (χ1n) is 9.70. The van der Waals surface area contributed by atoms with Gasteiger partial charge in [-0.1, -0.05) is 29.8 Å². The van der Waals surface area contributed by atoms with E-state index in [2.05, 4.69) is 10.5 Å². The van der Waals surface area contributed by atoms with Crippen LogP contribution in [0.5, 0.6) is 11.5 Å². The van der Waals surface area contributed by atoms with Crippen molar-refractivity contribution in [3.8, 4) is 11.5 Å². The lowest BCUT2D eigenvalue weighted by atomic mass is 10.1. The molecule has 31 heavy (non-hydrogen) atoms. The van der Waals surface area contributed by atoms with E-state index in [9.17, 15) is 9.18 Å². The third kappa shape index (κ3) is 6.30. The number of halogens is 2. The second-order valence-corrected chi connectivity index (χ2v) is 7.15. The van der Waals surface area contributed by atoms with Crippen molar-refractivity contribution < 1.29 is 18.7 Å². The molecule has 5 nitrogen and oxygen atoms in total. The molecule has 0 aliphatic rings. The Morgan fingerprint density at radius 2 is 1.94 bits per heavy atom. The highest BCUT2D eigenvalue weighted by molar-refractivity contribution is 6.33. The highest BCUT2D eigenvalue weighted by Crippen LogP contribution is 2.29. The van der Waals surface area contributed by atoms with Crippen molar-refractivity contribution >= 4 is 23.7 Å². The summed E-state index contributed by atoms with van der Waals surface area (Å²) in [5.41, 5.74) is 5.20. The number of carbonyl (C=O) groups excluding carboxylic acids is 1. The minimum Gasteiger partial charge on any atom is -0.490 e. The Kier molecular flexibility index (Phi) is 7.62. The summed E-state index contributed by atoms with van der Waals surface area (Å²) in [6.07, 6.45) is 1.50. The fourth-order valence-electron chi connectivity index (χ4n) is 2.81. The van der Waals surface area contributed by atoms with Crippen LogP contribution in [-0.2, 0) is 6.61 Å². The quantitative estimate of drug-likeness (QED) is 0.370. The molecule has 1 N–H and O–H groups in total. The molecule has 0 heterocycles. The van der Waals surface area contributed by atoms with Gasteiger partial charge >= 0.3 is 0 Å². The van der Waals surface area contributed by atoms with Crippen molar-refractivity contribution in [3.63, 3.8) is 0 Å². The third-order valence-corrected chi connectivity index (χ3v) is 4.61. The van der Waals surface area contributed by atoms with Gasteiger partial charge in [-0.3, -0.25) is 4.79 Å². The topological polar surface area (TPSA) is 59.9 Å². The number of hydrogen-bond acceptors (Lipinski definition) is 4. The maximum absolute atomic E-state index is 13.3. The first-order chi connectivity index (χ1) is 15.0. The summed E-state index contributed by atoms with van der Waals surface area (Å²) in [7, 11) is 0. The lowest BCUT2D eigenvalue weighted by molar-refractivity contribution is 0.0955. The molecule has 0 unspecified atom stereocenters. The normalized spacial score (nSPS) is 10.8. The van der Waals surface area contributed by atoms with Gasteiger partial charge in [0.2, 0.25) is 0 Å². The summed E-state index contributed by atoms with van der Waals surface area (Å²) in [5, 5.41) is 4.36. The van der Waals surface area contributed by atoms with E-state index in [0.717, 1.165) is 5.56 Å². The van der Waals surface area contributed by atoms with Crippen molar-refractivity contribution in [2.75, 3.05) is 6.61 Å². The van der Waals surface area contributed by atoms with Crippen molar-refractivity contribution in [3.05, 3.63) is 93.8 Å². The van der Waals surface area contributed by atoms with Crippen molar-refractivity contribution in [1.29, 1.82) is 0 Å². The molecule has 3 aromatic rings. The van der Waals surface area contributed by atoms with E-state index in [1.165, 1.54) is 18.3 Å². The molecular formula is C24H22ClFN2O3. The van der Waals surface area contributed by atoms with E-state index in [1.807, 2.05) is 13.8 Å². The summed E-state index contributed by atoms with van der Waals surface area (Å²) in [4.78, 5) is 12.3. The van der Waals surface area contributed by atoms with Crippen molar-refractivity contribution in [2.45, 2.75) is 20.5 Å². The van der Waals surface area contributed by atoms with Crippen LogP contribution in [0.3, 0.4) is 0 Å². The van der Waals surface area contributed by atoms with Crippen molar-refractivity contribution in [1.82, 2.24) is 5.43 Å². The van der Waals surface area contributed by atoms with Gasteiger partial charge in [-0.2, -0.15) is 5.10 Å². The largest absolute Gasteiger partial charge is 0.490 e. The van der Waals surface area contributed by atoms with E-state index in [4.69, 9.17) is 21.1 Å². The zero-order chi connectivity index (χ0) is 22.2. The number of nitrogens with zero attached hydrogens (tertiary/aromatic N) is 1. The SMILES string of the molecule is CCOc1cc(/C=N\NC(=O)c2ccc(C)cc2Cl)ccc1OCc1cccc(F)c1. The van der Waals surface area contributed by atoms with Crippen LogP contribution in [0.4, 0.5) is 4.39 Å². The molecule has 0 radical (unpaired) electrons. The molecule has 3 rings (SSSR count). The number of rotatable bonds is 8. The second-order valence-electron chi connectivity index (χ2n) is 6.74. The Morgan fingerprint density at radius 1 is 1.10 bits per heavy atom. The Hall–Kier alpha value is -3.38. The Balaban J connectivity index is 1.67. The van der Waals surface area contributed by atoms with Gasteiger partial charge in [-0.05, 0) is 73.0 Å². The van der Waals surface area contributed by atoms with Gasteiger partial charge in [0.05, 0.1) is 23.4 Å². The van der Waals surface area contributed by atoms with Crippen LogP contribution in [0.15, 0.2) is 65.8 Å². The molecule has 0 fully saturated rings. The zero-order valence-corrected chi connectivity index (χ0v) is 17.9. The van der Waals surface area contributed by atoms with Crippen LogP contribution in [0.25, 0.3) is 0 Å². The molecule has 0 aliphatic heterocycles. The number of carbonyl (C=O) groups is 1. The Morgan fingerprint density at radius 3 is 2.68 bits per heavy atom. The highest BCUT2D eigenvalue weighted by Gasteiger charge is 2.10. The number of benzene rings is 3. The van der Waals surface area contributed by atoms with Crippen LogP contribution in [-0.4, -0.2) is 18.7 Å². The molecule has 0 bridgehead atoms. The van der Waals surface area contributed by atoms with Crippen LogP contribution in [0.2, 0.25) is 5.02 Å². The van der Waals surface area contributed by atoms with E-state index in [1.54, 1.807) is 48.5 Å². The number of hydrazone groups is 1. The second kappa shape index (κ2) is 10.6. The van der Waals surface area contributed by atoms with E-state index < -0.39 is 5.91 Å². The number of hydrogen-bond donors (Lipinski definition) is 1. The van der Waals surface area contributed by atoms with Gasteiger partial charge < -0.3 is 9.47 Å². The summed E-state index contributed by atoms with van der Waals surface area (Å²) in [5.74, 6) is 0.336. The molecule has 0 aromatic heterocycles. The van der Waals surface area contributed by atoms with Gasteiger partial charge in [0.15, 0.2) is 11.5 Å². The molecule has 3 aromatic carbocycles. The lowest BCUT2D eigenvalue weighted by Crippen LogP contribution is -2.18. The molecule has 0 spiro atoms. The van der Waals surface area contributed by atoms with Crippen LogP contribution in [0.1, 0.15) is 34.0 Å². The highest BCUT2D eigenvalue weighted by atomic mass is 35.5. The van der Waals surface area contributed by atoms with Gasteiger partial charge in [0.1, 0.15) is 12.4 Å². The first kappa shape index (κ1) is 22.3. The maximum Gasteiger partial charge on any atom is 0.272 e. The number of nitrogens with one attached hydrogen (secondary N) is 1. The predicted molar refractivity (Wildman–Crippen MR) is 120 cm³/mol. The maximum atomic E-state index is 13.3. The Labute approximate surface area is 185 Å². The summed E-state index contributed by atoms with van der Waals surface area (Å²) < 4.78 is 24.8. The van der Waals surface area contributed by atoms with Crippen LogP contribution in [0, 0.1) is 12.7 Å². The molecule has 160 valence electrons. The van der Waals surface area contributed by atoms with Gasteiger partial charge in [0, 0.05) is 0 Å². The van der Waals surface area contributed by atoms with Crippen LogP contribution < -0.4 is 14.9 Å². The smallest absolute Gasteiger partial charge is 0.272 e. The van der Waals surface area contributed by atoms with Crippen molar-refractivity contribution in [2.24, 2.45) is 5.10 Å². The first-order valence-corrected chi connectivity index (χ1v) is 10.1. The van der Waals surface area contributed by atoms with E-state index in [0.29, 0.717) is 39.8 Å². The molecule has 7 heteroatoms. The minimum atomic E-state index is -0.402.